The number of likely N-dealkylation sites (tertiary alicyclic amines) is 1. The van der Waals surface area contributed by atoms with Crippen LogP contribution in [0, 0.1) is 5.92 Å². The second-order valence-corrected chi connectivity index (χ2v) is 6.91. The maximum absolute atomic E-state index is 12.6. The Bertz CT molecular complexity index is 585. The molecule has 6 nitrogen and oxygen atoms in total. The van der Waals surface area contributed by atoms with E-state index in [4.69, 9.17) is 10.5 Å². The highest BCUT2D eigenvalue weighted by atomic mass is 35.5. The van der Waals surface area contributed by atoms with E-state index in [0.29, 0.717) is 31.9 Å². The van der Waals surface area contributed by atoms with E-state index >= 15 is 0 Å². The van der Waals surface area contributed by atoms with Gasteiger partial charge in [-0.15, -0.1) is 12.4 Å². The van der Waals surface area contributed by atoms with Gasteiger partial charge in [0, 0.05) is 37.9 Å². The number of nitrogens with zero attached hydrogens (tertiary/aromatic N) is 1. The molecule has 2 aliphatic rings. The van der Waals surface area contributed by atoms with E-state index in [1.807, 2.05) is 23.1 Å². The van der Waals surface area contributed by atoms with E-state index < -0.39 is 6.04 Å². The average Bonchev–Trinajstić information content (AvgIpc) is 2.69. The zero-order valence-electron chi connectivity index (χ0n) is 14.9. The van der Waals surface area contributed by atoms with Crippen LogP contribution >= 0.6 is 12.4 Å². The van der Waals surface area contributed by atoms with Gasteiger partial charge >= 0.3 is 0 Å². The fourth-order valence-corrected chi connectivity index (χ4v) is 3.59. The Balaban J connectivity index is 0.00000243. The number of nitrogens with one attached hydrogen (secondary N) is 1. The van der Waals surface area contributed by atoms with Gasteiger partial charge in [0.25, 0.3) is 5.91 Å². The van der Waals surface area contributed by atoms with E-state index in [1.54, 1.807) is 12.1 Å². The van der Waals surface area contributed by atoms with E-state index in [-0.39, 0.29) is 36.2 Å². The highest BCUT2D eigenvalue weighted by molar-refractivity contribution is 5.94. The molecule has 26 heavy (non-hydrogen) atoms. The average molecular weight is 382 g/mol. The van der Waals surface area contributed by atoms with Crippen molar-refractivity contribution in [2.24, 2.45) is 11.7 Å². The van der Waals surface area contributed by atoms with Crippen molar-refractivity contribution in [3.8, 4) is 0 Å². The number of carbonyl (C=O) groups excluding carboxylic acids is 2. The molecule has 2 saturated heterocycles. The zero-order chi connectivity index (χ0) is 17.6. The highest BCUT2D eigenvalue weighted by Crippen LogP contribution is 2.20. The quantitative estimate of drug-likeness (QED) is 0.829. The van der Waals surface area contributed by atoms with Crippen LogP contribution in [-0.2, 0) is 9.53 Å². The Labute approximate surface area is 160 Å². The number of hydrogen-bond donors (Lipinski definition) is 2. The molecule has 0 spiro atoms. The number of rotatable bonds is 4. The summed E-state index contributed by atoms with van der Waals surface area (Å²) in [6.45, 7) is 2.68. The number of hydrogen-bond acceptors (Lipinski definition) is 4. The number of amides is 2. The first kappa shape index (κ1) is 20.7. The number of halogens is 1. The number of ether oxygens (including phenoxy) is 1. The number of benzene rings is 1. The monoisotopic (exact) mass is 381 g/mol. The van der Waals surface area contributed by atoms with E-state index in [1.165, 1.54) is 0 Å². The van der Waals surface area contributed by atoms with Crippen molar-refractivity contribution in [2.75, 3.05) is 26.3 Å². The summed E-state index contributed by atoms with van der Waals surface area (Å²) >= 11 is 0. The third-order valence-electron chi connectivity index (χ3n) is 5.24. The number of carbonyl (C=O) groups is 2. The molecule has 0 aliphatic carbocycles. The summed E-state index contributed by atoms with van der Waals surface area (Å²) in [6, 6.07) is 8.89. The maximum Gasteiger partial charge on any atom is 0.251 e. The second-order valence-electron chi connectivity index (χ2n) is 6.91. The minimum absolute atomic E-state index is 0. The van der Waals surface area contributed by atoms with Gasteiger partial charge < -0.3 is 20.7 Å². The lowest BCUT2D eigenvalue weighted by Crippen LogP contribution is -2.53. The van der Waals surface area contributed by atoms with Gasteiger partial charge in [0.1, 0.15) is 0 Å². The van der Waals surface area contributed by atoms with Gasteiger partial charge in [0.05, 0.1) is 6.04 Å². The van der Waals surface area contributed by atoms with E-state index in [9.17, 15) is 9.59 Å². The van der Waals surface area contributed by atoms with Gasteiger partial charge in [-0.05, 0) is 43.7 Å². The Morgan fingerprint density at radius 3 is 2.31 bits per heavy atom. The highest BCUT2D eigenvalue weighted by Gasteiger charge is 2.32. The fourth-order valence-electron chi connectivity index (χ4n) is 3.59. The fraction of sp³-hybridized carbons (Fsp3) is 0.579. The van der Waals surface area contributed by atoms with Crippen LogP contribution in [0.5, 0.6) is 0 Å². The van der Waals surface area contributed by atoms with Crippen molar-refractivity contribution in [1.82, 2.24) is 10.2 Å². The SMILES string of the molecule is Cl.NC(C(=O)N1CCC(NC(=O)c2ccccc2)CC1)C1CCOCC1. The predicted octanol–water partition coefficient (Wildman–Crippen LogP) is 1.58. The van der Waals surface area contributed by atoms with Gasteiger partial charge in [-0.1, -0.05) is 18.2 Å². The van der Waals surface area contributed by atoms with Gasteiger partial charge in [-0.3, -0.25) is 9.59 Å². The Morgan fingerprint density at radius 1 is 1.08 bits per heavy atom. The maximum atomic E-state index is 12.6. The summed E-state index contributed by atoms with van der Waals surface area (Å²) < 4.78 is 5.34. The molecule has 0 aromatic heterocycles. The lowest BCUT2D eigenvalue weighted by atomic mass is 9.91. The van der Waals surface area contributed by atoms with Crippen molar-refractivity contribution in [3.05, 3.63) is 35.9 Å². The predicted molar refractivity (Wildman–Crippen MR) is 102 cm³/mol. The minimum atomic E-state index is -0.431. The molecule has 144 valence electrons. The first-order chi connectivity index (χ1) is 12.1. The molecule has 2 fully saturated rings. The summed E-state index contributed by atoms with van der Waals surface area (Å²) in [6.07, 6.45) is 3.25. The Morgan fingerprint density at radius 2 is 1.69 bits per heavy atom. The van der Waals surface area contributed by atoms with E-state index in [0.717, 1.165) is 25.7 Å². The van der Waals surface area contributed by atoms with E-state index in [2.05, 4.69) is 5.32 Å². The van der Waals surface area contributed by atoms with Crippen LogP contribution in [0.2, 0.25) is 0 Å². The summed E-state index contributed by atoms with van der Waals surface area (Å²) in [5.74, 6) is 0.209. The molecule has 7 heteroatoms. The summed E-state index contributed by atoms with van der Waals surface area (Å²) in [5, 5.41) is 3.06. The Hall–Kier alpha value is -1.63. The molecule has 2 aliphatic heterocycles. The normalized spacial score (nSPS) is 20.1. The van der Waals surface area contributed by atoms with Gasteiger partial charge in [0.2, 0.25) is 5.91 Å². The van der Waals surface area contributed by atoms with Crippen LogP contribution in [0.15, 0.2) is 30.3 Å². The third-order valence-corrected chi connectivity index (χ3v) is 5.24. The van der Waals surface area contributed by atoms with Crippen LogP contribution < -0.4 is 11.1 Å². The van der Waals surface area contributed by atoms with Crippen molar-refractivity contribution in [2.45, 2.75) is 37.8 Å². The molecule has 2 heterocycles. The first-order valence-electron chi connectivity index (χ1n) is 9.13. The minimum Gasteiger partial charge on any atom is -0.381 e. The van der Waals surface area contributed by atoms with Crippen molar-refractivity contribution in [1.29, 1.82) is 0 Å². The summed E-state index contributed by atoms with van der Waals surface area (Å²) in [4.78, 5) is 26.7. The lowest BCUT2D eigenvalue weighted by Gasteiger charge is -2.36. The van der Waals surface area contributed by atoms with Crippen LogP contribution in [0.25, 0.3) is 0 Å². The standard InChI is InChI=1S/C19H27N3O3.ClH/c20-17(14-8-12-25-13-9-14)19(24)22-10-6-16(7-11-22)21-18(23)15-4-2-1-3-5-15;/h1-5,14,16-17H,6-13,20H2,(H,21,23);1H. The van der Waals surface area contributed by atoms with Crippen LogP contribution in [0.4, 0.5) is 0 Å². The molecule has 2 amide bonds. The zero-order valence-corrected chi connectivity index (χ0v) is 15.7. The van der Waals surface area contributed by atoms with Crippen molar-refractivity contribution >= 4 is 24.2 Å². The van der Waals surface area contributed by atoms with Gasteiger partial charge in [-0.2, -0.15) is 0 Å². The second kappa shape index (κ2) is 9.90. The van der Waals surface area contributed by atoms with Crippen molar-refractivity contribution < 1.29 is 14.3 Å². The number of nitrogens with two attached hydrogens (primary N) is 1. The molecular formula is C19H28ClN3O3. The lowest BCUT2D eigenvalue weighted by molar-refractivity contribution is -0.135. The molecule has 3 rings (SSSR count). The number of piperidine rings is 1. The summed E-state index contributed by atoms with van der Waals surface area (Å²) in [7, 11) is 0. The van der Waals surface area contributed by atoms with Crippen LogP contribution in [-0.4, -0.2) is 55.1 Å². The molecule has 0 radical (unpaired) electrons. The molecule has 1 aromatic carbocycles. The van der Waals surface area contributed by atoms with Gasteiger partial charge in [0.15, 0.2) is 0 Å². The third kappa shape index (κ3) is 5.19. The van der Waals surface area contributed by atoms with Crippen LogP contribution in [0.3, 0.4) is 0 Å². The molecule has 1 unspecified atom stereocenters. The van der Waals surface area contributed by atoms with Crippen LogP contribution in [0.1, 0.15) is 36.0 Å². The summed E-state index contributed by atoms with van der Waals surface area (Å²) in [5.41, 5.74) is 6.87. The molecule has 1 atom stereocenters. The van der Waals surface area contributed by atoms with Gasteiger partial charge in [-0.25, -0.2) is 0 Å². The Kier molecular flexibility index (Phi) is 7.87. The molecule has 0 bridgehead atoms. The molecule has 3 N–H and O–H groups in total. The molecular weight excluding hydrogens is 354 g/mol. The molecule has 1 aromatic rings. The van der Waals surface area contributed by atoms with Crippen molar-refractivity contribution in [3.63, 3.8) is 0 Å². The first-order valence-corrected chi connectivity index (χ1v) is 9.13. The molecule has 0 saturated carbocycles. The topological polar surface area (TPSA) is 84.7 Å². The smallest absolute Gasteiger partial charge is 0.251 e. The largest absolute Gasteiger partial charge is 0.381 e.